The molecular formula is C14H19N3. The Morgan fingerprint density at radius 2 is 2.29 bits per heavy atom. The molecule has 0 aromatic carbocycles. The lowest BCUT2D eigenvalue weighted by atomic mass is 10.2. The first-order valence-electron chi connectivity index (χ1n) is 5.63. The van der Waals surface area contributed by atoms with Gasteiger partial charge in [-0.05, 0) is 25.3 Å². The summed E-state index contributed by atoms with van der Waals surface area (Å²) in [6.45, 7) is 5.55. The first-order chi connectivity index (χ1) is 8.42. The summed E-state index contributed by atoms with van der Waals surface area (Å²) in [6.07, 6.45) is 10.0. The van der Waals surface area contributed by atoms with Gasteiger partial charge in [-0.2, -0.15) is 0 Å². The standard InChI is InChI=1S/C13H14N2.CH5N/c1-2-10-15-11-6-4-8-13(15)12-7-3-5-9-14-12;1-2/h2-9H,1,10-11H2;2H2,1H3. The fourth-order valence-corrected chi connectivity index (χ4v) is 1.64. The van der Waals surface area contributed by atoms with E-state index in [1.807, 2.05) is 30.5 Å². The van der Waals surface area contributed by atoms with Crippen molar-refractivity contribution in [1.29, 1.82) is 0 Å². The molecule has 17 heavy (non-hydrogen) atoms. The van der Waals surface area contributed by atoms with Gasteiger partial charge in [-0.3, -0.25) is 4.98 Å². The lowest BCUT2D eigenvalue weighted by Crippen LogP contribution is -2.24. The second kappa shape index (κ2) is 7.41. The maximum atomic E-state index is 4.50. The van der Waals surface area contributed by atoms with Gasteiger partial charge in [0.1, 0.15) is 0 Å². The summed E-state index contributed by atoms with van der Waals surface area (Å²) in [5.41, 5.74) is 6.68. The molecule has 2 heterocycles. The Hall–Kier alpha value is -1.87. The van der Waals surface area contributed by atoms with Crippen LogP contribution in [0.2, 0.25) is 0 Å². The van der Waals surface area contributed by atoms with Gasteiger partial charge >= 0.3 is 0 Å². The molecule has 3 heteroatoms. The normalized spacial score (nSPS) is 13.5. The molecule has 0 amide bonds. The average molecular weight is 229 g/mol. The second-order valence-electron chi connectivity index (χ2n) is 3.39. The molecule has 0 fully saturated rings. The molecule has 3 nitrogen and oxygen atoms in total. The Bertz CT molecular complexity index is 391. The third kappa shape index (κ3) is 3.57. The Balaban J connectivity index is 0.000000686. The lowest BCUT2D eigenvalue weighted by molar-refractivity contribution is 0.481. The third-order valence-electron chi connectivity index (χ3n) is 2.33. The molecule has 0 spiro atoms. The van der Waals surface area contributed by atoms with Crippen molar-refractivity contribution in [3.05, 3.63) is 61.0 Å². The van der Waals surface area contributed by atoms with E-state index in [0.717, 1.165) is 24.5 Å². The molecule has 0 aliphatic carbocycles. The van der Waals surface area contributed by atoms with Crippen molar-refractivity contribution < 1.29 is 0 Å². The van der Waals surface area contributed by atoms with Crippen LogP contribution in [0.15, 0.2) is 55.3 Å². The smallest absolute Gasteiger partial charge is 0.0863 e. The lowest BCUT2D eigenvalue weighted by Gasteiger charge is -2.26. The van der Waals surface area contributed by atoms with Gasteiger partial charge < -0.3 is 10.6 Å². The first-order valence-corrected chi connectivity index (χ1v) is 5.63. The van der Waals surface area contributed by atoms with E-state index >= 15 is 0 Å². The average Bonchev–Trinajstić information content (AvgIpc) is 2.43. The summed E-state index contributed by atoms with van der Waals surface area (Å²) in [5, 5.41) is 0. The van der Waals surface area contributed by atoms with Gasteiger partial charge in [0.05, 0.1) is 11.4 Å². The molecule has 0 saturated carbocycles. The zero-order chi connectivity index (χ0) is 12.5. The summed E-state index contributed by atoms with van der Waals surface area (Å²) < 4.78 is 0. The molecule has 90 valence electrons. The highest BCUT2D eigenvalue weighted by atomic mass is 15.1. The minimum atomic E-state index is 0.854. The van der Waals surface area contributed by atoms with Crippen LogP contribution in [0.4, 0.5) is 0 Å². The zero-order valence-electron chi connectivity index (χ0n) is 10.2. The van der Waals surface area contributed by atoms with Crippen LogP contribution in [0.5, 0.6) is 0 Å². The van der Waals surface area contributed by atoms with E-state index in [4.69, 9.17) is 0 Å². The Morgan fingerprint density at radius 1 is 1.47 bits per heavy atom. The van der Waals surface area contributed by atoms with Gasteiger partial charge in [0.15, 0.2) is 0 Å². The van der Waals surface area contributed by atoms with E-state index in [-0.39, 0.29) is 0 Å². The number of aromatic nitrogens is 1. The maximum Gasteiger partial charge on any atom is 0.0863 e. The summed E-state index contributed by atoms with van der Waals surface area (Å²) in [7, 11) is 1.50. The molecule has 1 aromatic rings. The van der Waals surface area contributed by atoms with E-state index in [2.05, 4.69) is 40.4 Å². The van der Waals surface area contributed by atoms with Crippen LogP contribution in [-0.2, 0) is 0 Å². The van der Waals surface area contributed by atoms with Crippen LogP contribution in [0.3, 0.4) is 0 Å². The molecule has 0 radical (unpaired) electrons. The number of allylic oxidation sites excluding steroid dienone is 2. The largest absolute Gasteiger partial charge is 0.362 e. The zero-order valence-corrected chi connectivity index (χ0v) is 10.2. The molecule has 2 rings (SSSR count). The molecule has 0 unspecified atom stereocenters. The summed E-state index contributed by atoms with van der Waals surface area (Å²) in [6, 6.07) is 5.97. The predicted octanol–water partition coefficient (Wildman–Crippen LogP) is 2.06. The van der Waals surface area contributed by atoms with Gasteiger partial charge in [0.25, 0.3) is 0 Å². The predicted molar refractivity (Wildman–Crippen MR) is 73.2 cm³/mol. The van der Waals surface area contributed by atoms with Crippen LogP contribution in [0, 0.1) is 0 Å². The summed E-state index contributed by atoms with van der Waals surface area (Å²) in [4.78, 5) is 6.60. The molecule has 1 aliphatic heterocycles. The van der Waals surface area contributed by atoms with Gasteiger partial charge in [0, 0.05) is 19.3 Å². The van der Waals surface area contributed by atoms with Gasteiger partial charge in [-0.15, -0.1) is 6.58 Å². The second-order valence-corrected chi connectivity index (χ2v) is 3.39. The topological polar surface area (TPSA) is 42.2 Å². The van der Waals surface area contributed by atoms with Crippen LogP contribution < -0.4 is 5.73 Å². The number of nitrogens with two attached hydrogens (primary N) is 1. The van der Waals surface area contributed by atoms with E-state index in [1.54, 1.807) is 0 Å². The van der Waals surface area contributed by atoms with Gasteiger partial charge in [-0.25, -0.2) is 0 Å². The Morgan fingerprint density at radius 3 is 2.94 bits per heavy atom. The van der Waals surface area contributed by atoms with E-state index in [0.29, 0.717) is 0 Å². The quantitative estimate of drug-likeness (QED) is 0.807. The van der Waals surface area contributed by atoms with Crippen LogP contribution in [-0.4, -0.2) is 30.0 Å². The van der Waals surface area contributed by atoms with Crippen molar-refractivity contribution in [3.63, 3.8) is 0 Å². The number of nitrogens with zero attached hydrogens (tertiary/aromatic N) is 2. The maximum absolute atomic E-state index is 4.50. The Kier molecular flexibility index (Phi) is 5.75. The van der Waals surface area contributed by atoms with E-state index in [1.165, 1.54) is 7.05 Å². The highest BCUT2D eigenvalue weighted by Gasteiger charge is 2.11. The molecule has 1 aromatic heterocycles. The minimum Gasteiger partial charge on any atom is -0.362 e. The van der Waals surface area contributed by atoms with E-state index in [9.17, 15) is 0 Å². The van der Waals surface area contributed by atoms with Crippen LogP contribution in [0.25, 0.3) is 5.70 Å². The van der Waals surface area contributed by atoms with Gasteiger partial charge in [0.2, 0.25) is 0 Å². The molecule has 0 saturated heterocycles. The number of hydrogen-bond donors (Lipinski definition) is 1. The minimum absolute atomic E-state index is 0.854. The molecule has 0 bridgehead atoms. The van der Waals surface area contributed by atoms with Crippen molar-refractivity contribution in [2.45, 2.75) is 0 Å². The highest BCUT2D eigenvalue weighted by molar-refractivity contribution is 5.64. The number of hydrogen-bond acceptors (Lipinski definition) is 3. The van der Waals surface area contributed by atoms with Gasteiger partial charge in [-0.1, -0.05) is 24.3 Å². The highest BCUT2D eigenvalue weighted by Crippen LogP contribution is 2.19. The Labute approximate surface area is 103 Å². The number of rotatable bonds is 3. The SMILES string of the molecule is C=CCN1CC=CC=C1c1ccccn1.CN. The molecule has 1 aliphatic rings. The van der Waals surface area contributed by atoms with Crippen LogP contribution in [0.1, 0.15) is 5.69 Å². The fraction of sp³-hybridized carbons (Fsp3) is 0.214. The monoisotopic (exact) mass is 229 g/mol. The van der Waals surface area contributed by atoms with E-state index < -0.39 is 0 Å². The summed E-state index contributed by atoms with van der Waals surface area (Å²) in [5.74, 6) is 0. The van der Waals surface area contributed by atoms with Crippen molar-refractivity contribution in [3.8, 4) is 0 Å². The van der Waals surface area contributed by atoms with Crippen molar-refractivity contribution in [2.75, 3.05) is 20.1 Å². The van der Waals surface area contributed by atoms with Crippen LogP contribution >= 0.6 is 0 Å². The fourth-order valence-electron chi connectivity index (χ4n) is 1.64. The van der Waals surface area contributed by atoms with Crippen molar-refractivity contribution in [1.82, 2.24) is 9.88 Å². The molecule has 0 atom stereocenters. The first kappa shape index (κ1) is 13.2. The molecular weight excluding hydrogens is 210 g/mol. The summed E-state index contributed by atoms with van der Waals surface area (Å²) >= 11 is 0. The number of pyridine rings is 1. The molecule has 2 N–H and O–H groups in total. The van der Waals surface area contributed by atoms with Crippen molar-refractivity contribution >= 4 is 5.70 Å². The van der Waals surface area contributed by atoms with Crippen molar-refractivity contribution in [2.24, 2.45) is 5.73 Å². The third-order valence-corrected chi connectivity index (χ3v) is 2.33.